The van der Waals surface area contributed by atoms with Crippen LogP contribution in [-0.4, -0.2) is 38.2 Å². The molecule has 2 atom stereocenters. The molecule has 0 saturated heterocycles. The second kappa shape index (κ2) is 9.30. The Labute approximate surface area is 192 Å². The third-order valence-electron chi connectivity index (χ3n) is 5.33. The van der Waals surface area contributed by atoms with Crippen LogP contribution >= 0.6 is 0 Å². The first-order valence-electron chi connectivity index (χ1n) is 10.4. The molecule has 4 N–H and O–H groups in total. The lowest BCUT2D eigenvalue weighted by molar-refractivity contribution is 0.170. The van der Waals surface area contributed by atoms with Crippen LogP contribution in [0.25, 0.3) is 11.1 Å². The first-order valence-corrected chi connectivity index (χ1v) is 12.3. The number of ether oxygens (including phenoxy) is 2. The van der Waals surface area contributed by atoms with Gasteiger partial charge in [0.15, 0.2) is 11.5 Å². The molecule has 0 aromatic heterocycles. The number of anilines is 1. The van der Waals surface area contributed by atoms with Crippen molar-refractivity contribution in [1.82, 2.24) is 5.32 Å². The molecule has 0 spiro atoms. The van der Waals surface area contributed by atoms with E-state index >= 15 is 0 Å². The predicted octanol–water partition coefficient (Wildman–Crippen LogP) is 3.54. The Morgan fingerprint density at radius 3 is 2.30 bits per heavy atom. The molecule has 2 aliphatic carbocycles. The molecule has 2 aromatic rings. The molecular formula is C24H26N2O6S. The number of aliphatic hydroxyl groups excluding tert-OH is 1. The van der Waals surface area contributed by atoms with Crippen molar-refractivity contribution in [3.8, 4) is 28.4 Å². The van der Waals surface area contributed by atoms with Gasteiger partial charge in [0.05, 0.1) is 18.0 Å². The number of hydrogen-bond acceptors (Lipinski definition) is 7. The van der Waals surface area contributed by atoms with Gasteiger partial charge in [-0.15, -0.1) is 0 Å². The van der Waals surface area contributed by atoms with Crippen LogP contribution in [0.1, 0.15) is 30.2 Å². The second-order valence-corrected chi connectivity index (χ2v) is 9.74. The fourth-order valence-electron chi connectivity index (χ4n) is 3.42. The molecule has 0 saturated carbocycles. The lowest BCUT2D eigenvalue weighted by atomic mass is 10.1. The number of phenolic OH excluding ortho intramolecular Hbond substituents is 1. The Kier molecular flexibility index (Phi) is 6.46. The van der Waals surface area contributed by atoms with Gasteiger partial charge in [0, 0.05) is 12.6 Å². The average molecular weight is 471 g/mol. The van der Waals surface area contributed by atoms with Gasteiger partial charge in [0.2, 0.25) is 16.8 Å². The van der Waals surface area contributed by atoms with E-state index < -0.39 is 16.1 Å². The number of hydrogen-bond donors (Lipinski definition) is 4. The van der Waals surface area contributed by atoms with E-state index in [-0.39, 0.29) is 30.8 Å². The maximum atomic E-state index is 11.4. The van der Waals surface area contributed by atoms with Crippen LogP contribution in [0.15, 0.2) is 60.7 Å². The third kappa shape index (κ3) is 5.95. The highest BCUT2D eigenvalue weighted by Crippen LogP contribution is 2.34. The largest absolute Gasteiger partial charge is 0.506 e. The van der Waals surface area contributed by atoms with Crippen LogP contribution in [0.4, 0.5) is 5.69 Å². The summed E-state index contributed by atoms with van der Waals surface area (Å²) < 4.78 is 35.6. The van der Waals surface area contributed by atoms with Gasteiger partial charge in [-0.05, 0) is 59.5 Å². The van der Waals surface area contributed by atoms with Crippen LogP contribution in [0, 0.1) is 0 Å². The quantitative estimate of drug-likeness (QED) is 0.305. The zero-order valence-electron chi connectivity index (χ0n) is 18.3. The summed E-state index contributed by atoms with van der Waals surface area (Å²) in [4.78, 5) is 0. The molecule has 2 aromatic carbocycles. The molecule has 174 valence electrons. The number of benzene rings is 3. The van der Waals surface area contributed by atoms with E-state index in [1.54, 1.807) is 6.07 Å². The van der Waals surface area contributed by atoms with Crippen LogP contribution in [-0.2, 0) is 10.0 Å². The van der Waals surface area contributed by atoms with E-state index in [2.05, 4.69) is 34.3 Å². The van der Waals surface area contributed by atoms with Crippen molar-refractivity contribution in [2.45, 2.75) is 19.1 Å². The molecule has 0 fully saturated rings. The number of sulfonamides is 1. The first kappa shape index (κ1) is 22.9. The number of aliphatic hydroxyl groups is 1. The highest BCUT2D eigenvalue weighted by Gasteiger charge is 2.17. The summed E-state index contributed by atoms with van der Waals surface area (Å²) in [6, 6.07) is 18.4. The molecule has 1 aliphatic heterocycles. The van der Waals surface area contributed by atoms with Gasteiger partial charge in [0.25, 0.3) is 0 Å². The monoisotopic (exact) mass is 470 g/mol. The maximum absolute atomic E-state index is 11.4. The fourth-order valence-corrected chi connectivity index (χ4v) is 3.99. The Morgan fingerprint density at radius 2 is 1.67 bits per heavy atom. The Balaban J connectivity index is 0.000000367. The molecule has 1 heterocycles. The molecular weight excluding hydrogens is 444 g/mol. The Hall–Kier alpha value is -3.27. The summed E-state index contributed by atoms with van der Waals surface area (Å²) in [5, 5.41) is 23.4. The number of rotatable bonds is 7. The minimum Gasteiger partial charge on any atom is -0.506 e. The van der Waals surface area contributed by atoms with E-state index in [1.165, 1.54) is 23.3 Å². The number of nitrogens with one attached hydrogen (secondary N) is 2. The molecule has 3 aliphatic rings. The van der Waals surface area contributed by atoms with Crippen molar-refractivity contribution in [2.75, 3.05) is 24.3 Å². The topological polar surface area (TPSA) is 117 Å². The molecule has 2 unspecified atom stereocenters. The van der Waals surface area contributed by atoms with E-state index in [1.807, 2.05) is 25.1 Å². The average Bonchev–Trinajstić information content (AvgIpc) is 3.14. The predicted molar refractivity (Wildman–Crippen MR) is 126 cm³/mol. The minimum atomic E-state index is -3.54. The number of phenols is 1. The summed E-state index contributed by atoms with van der Waals surface area (Å²) in [6.45, 7) is 2.40. The van der Waals surface area contributed by atoms with E-state index in [9.17, 15) is 18.6 Å². The van der Waals surface area contributed by atoms with Gasteiger partial charge in [0.1, 0.15) is 5.75 Å². The summed E-state index contributed by atoms with van der Waals surface area (Å²) >= 11 is 0. The van der Waals surface area contributed by atoms with Gasteiger partial charge in [-0.1, -0.05) is 30.3 Å². The van der Waals surface area contributed by atoms with Crippen LogP contribution in [0.2, 0.25) is 0 Å². The molecule has 0 bridgehead atoms. The minimum absolute atomic E-state index is 0.0258. The smallest absolute Gasteiger partial charge is 0.231 e. The van der Waals surface area contributed by atoms with Crippen molar-refractivity contribution in [2.24, 2.45) is 0 Å². The van der Waals surface area contributed by atoms with E-state index in [4.69, 9.17) is 9.47 Å². The summed E-state index contributed by atoms with van der Waals surface area (Å²) in [5.74, 6) is 1.19. The van der Waals surface area contributed by atoms with Gasteiger partial charge in [-0.3, -0.25) is 4.72 Å². The van der Waals surface area contributed by atoms with E-state index in [0.717, 1.165) is 11.8 Å². The van der Waals surface area contributed by atoms with Crippen molar-refractivity contribution < 1.29 is 28.1 Å². The molecule has 33 heavy (non-hydrogen) atoms. The van der Waals surface area contributed by atoms with E-state index in [0.29, 0.717) is 17.1 Å². The summed E-state index contributed by atoms with van der Waals surface area (Å²) in [6.07, 6.45) is 0.103. The first-order chi connectivity index (χ1) is 15.7. The zero-order valence-corrected chi connectivity index (χ0v) is 19.1. The summed E-state index contributed by atoms with van der Waals surface area (Å²) in [5.41, 5.74) is 4.34. The number of aromatic hydroxyl groups is 1. The summed E-state index contributed by atoms with van der Waals surface area (Å²) in [7, 11) is -3.54. The van der Waals surface area contributed by atoms with Crippen molar-refractivity contribution in [1.29, 1.82) is 0 Å². The molecule has 0 radical (unpaired) electrons. The van der Waals surface area contributed by atoms with Gasteiger partial charge >= 0.3 is 0 Å². The lowest BCUT2D eigenvalue weighted by Gasteiger charge is -2.19. The molecule has 9 heteroatoms. The van der Waals surface area contributed by atoms with Gasteiger partial charge in [-0.25, -0.2) is 8.42 Å². The van der Waals surface area contributed by atoms with Crippen molar-refractivity contribution >= 4 is 15.7 Å². The normalized spacial score (nSPS) is 14.6. The number of fused-ring (bicyclic) bond motifs is 2. The zero-order chi connectivity index (χ0) is 23.6. The standard InChI is InChI=1S/C18H22N2O6S.C6H4/c1-11(12-4-6-17-18(8-12)26-10-25-17)19-9-16(22)13-3-5-15(21)14(7-13)20-27(2,23)24;1-2-5-4-6(5)3-1/h3-8,11,16,19-22H,9-10H2,1-2H3;1-4H. The highest BCUT2D eigenvalue weighted by atomic mass is 32.2. The Bertz CT molecular complexity index is 1240. The SMILES string of the molecule is CC(NCC(O)c1ccc(O)c(NS(C)(=O)=O)c1)c1ccc2c(c1)OCO2.c1cc2cc-2c1. The van der Waals surface area contributed by atoms with Gasteiger partial charge in [-0.2, -0.15) is 0 Å². The van der Waals surface area contributed by atoms with Crippen molar-refractivity contribution in [3.63, 3.8) is 0 Å². The fraction of sp³-hybridized carbons (Fsp3) is 0.250. The van der Waals surface area contributed by atoms with Crippen LogP contribution in [0.3, 0.4) is 0 Å². The van der Waals surface area contributed by atoms with Gasteiger partial charge < -0.3 is 25.0 Å². The lowest BCUT2D eigenvalue weighted by Crippen LogP contribution is -2.24. The van der Waals surface area contributed by atoms with Crippen LogP contribution < -0.4 is 19.5 Å². The maximum Gasteiger partial charge on any atom is 0.231 e. The third-order valence-corrected chi connectivity index (χ3v) is 5.92. The Morgan fingerprint density at radius 1 is 0.970 bits per heavy atom. The second-order valence-electron chi connectivity index (χ2n) is 7.99. The van der Waals surface area contributed by atoms with Crippen molar-refractivity contribution in [3.05, 3.63) is 71.8 Å². The molecule has 5 rings (SSSR count). The molecule has 8 nitrogen and oxygen atoms in total. The van der Waals surface area contributed by atoms with Crippen LogP contribution in [0.5, 0.6) is 17.2 Å². The highest BCUT2D eigenvalue weighted by molar-refractivity contribution is 7.92. The molecule has 0 amide bonds.